The molecule has 0 aliphatic heterocycles. The van der Waals surface area contributed by atoms with Crippen molar-refractivity contribution in [3.63, 3.8) is 0 Å². The van der Waals surface area contributed by atoms with Crippen molar-refractivity contribution in [2.75, 3.05) is 5.32 Å². The minimum atomic E-state index is -0.399. The molecule has 2 aromatic rings. The van der Waals surface area contributed by atoms with E-state index in [0.29, 0.717) is 10.7 Å². The summed E-state index contributed by atoms with van der Waals surface area (Å²) in [7, 11) is 0. The average molecular weight is 250 g/mol. The first-order valence-electron chi connectivity index (χ1n) is 4.77. The Kier molecular flexibility index (Phi) is 3.20. The first-order valence-corrected chi connectivity index (χ1v) is 5.14. The molecule has 1 amide bonds. The molecule has 2 N–H and O–H groups in total. The highest BCUT2D eigenvalue weighted by Gasteiger charge is 2.07. The predicted octanol–water partition coefficient (Wildman–Crippen LogP) is 1.68. The topological polar surface area (TPSA) is 74.8 Å². The lowest BCUT2D eigenvalue weighted by Gasteiger charge is -2.03. The van der Waals surface area contributed by atoms with Gasteiger partial charge in [-0.3, -0.25) is 9.59 Å². The van der Waals surface area contributed by atoms with Crippen LogP contribution in [0.1, 0.15) is 10.5 Å². The lowest BCUT2D eigenvalue weighted by Crippen LogP contribution is -2.16. The van der Waals surface area contributed by atoms with Gasteiger partial charge in [0.25, 0.3) is 11.5 Å². The molecule has 0 radical (unpaired) electrons. The zero-order valence-corrected chi connectivity index (χ0v) is 9.36. The highest BCUT2D eigenvalue weighted by Crippen LogP contribution is 2.13. The molecule has 0 unspecified atom stereocenters. The number of hydrogen-bond acceptors (Lipinski definition) is 3. The number of carbonyl (C=O) groups excluding carboxylic acids is 1. The van der Waals surface area contributed by atoms with Crippen molar-refractivity contribution in [2.45, 2.75) is 0 Å². The van der Waals surface area contributed by atoms with E-state index in [9.17, 15) is 9.59 Å². The van der Waals surface area contributed by atoms with Crippen LogP contribution in [0.15, 0.2) is 41.5 Å². The van der Waals surface area contributed by atoms with Crippen molar-refractivity contribution >= 4 is 23.2 Å². The summed E-state index contributed by atoms with van der Waals surface area (Å²) < 4.78 is 0. The molecular formula is C11H8ClN3O2. The quantitative estimate of drug-likeness (QED) is 0.850. The third-order valence-corrected chi connectivity index (χ3v) is 2.26. The molecule has 86 valence electrons. The number of halogens is 1. The van der Waals surface area contributed by atoms with Gasteiger partial charge in [-0.25, -0.2) is 4.98 Å². The Bertz CT molecular complexity index is 572. The van der Waals surface area contributed by atoms with Crippen molar-refractivity contribution in [3.8, 4) is 0 Å². The van der Waals surface area contributed by atoms with Gasteiger partial charge in [-0.15, -0.1) is 0 Å². The number of nitrogens with one attached hydrogen (secondary N) is 2. The molecular weight excluding hydrogens is 242 g/mol. The number of benzene rings is 1. The standard InChI is InChI=1S/C11H8ClN3O2/c12-7-1-3-8(4-2-7)15-11(17)9-5-14-10(16)6-13-9/h1-6H,(H,14,16)(H,15,17). The molecule has 1 aromatic carbocycles. The average Bonchev–Trinajstić information content (AvgIpc) is 2.33. The maximum absolute atomic E-state index is 11.7. The molecule has 0 aliphatic carbocycles. The van der Waals surface area contributed by atoms with E-state index in [1.54, 1.807) is 24.3 Å². The summed E-state index contributed by atoms with van der Waals surface area (Å²) in [4.78, 5) is 28.5. The Morgan fingerprint density at radius 1 is 1.29 bits per heavy atom. The van der Waals surface area contributed by atoms with Crippen LogP contribution < -0.4 is 10.9 Å². The Labute approximate surface area is 101 Å². The maximum Gasteiger partial charge on any atom is 0.275 e. The molecule has 1 aromatic heterocycles. The second kappa shape index (κ2) is 4.80. The first kappa shape index (κ1) is 11.3. The van der Waals surface area contributed by atoms with Crippen LogP contribution >= 0.6 is 11.6 Å². The van der Waals surface area contributed by atoms with Crippen molar-refractivity contribution in [2.24, 2.45) is 0 Å². The van der Waals surface area contributed by atoms with Gasteiger partial charge in [0.2, 0.25) is 0 Å². The molecule has 17 heavy (non-hydrogen) atoms. The van der Waals surface area contributed by atoms with Crippen LogP contribution in [0, 0.1) is 0 Å². The number of carbonyl (C=O) groups is 1. The smallest absolute Gasteiger partial charge is 0.275 e. The van der Waals surface area contributed by atoms with Gasteiger partial charge >= 0.3 is 0 Å². The summed E-state index contributed by atoms with van der Waals surface area (Å²) in [6, 6.07) is 6.67. The summed E-state index contributed by atoms with van der Waals surface area (Å²) in [6.45, 7) is 0. The van der Waals surface area contributed by atoms with Gasteiger partial charge in [0.1, 0.15) is 5.69 Å². The largest absolute Gasteiger partial charge is 0.325 e. The van der Waals surface area contributed by atoms with Crippen LogP contribution in [0.3, 0.4) is 0 Å². The summed E-state index contributed by atoms with van der Waals surface area (Å²) in [6.07, 6.45) is 2.31. The number of rotatable bonds is 2. The fourth-order valence-electron chi connectivity index (χ4n) is 1.19. The molecule has 0 spiro atoms. The lowest BCUT2D eigenvalue weighted by atomic mass is 10.3. The highest BCUT2D eigenvalue weighted by molar-refractivity contribution is 6.30. The number of aromatic nitrogens is 2. The Hall–Kier alpha value is -2.14. The van der Waals surface area contributed by atoms with Crippen LogP contribution in [0.2, 0.25) is 5.02 Å². The van der Waals surface area contributed by atoms with Gasteiger partial charge in [0.05, 0.1) is 6.20 Å². The van der Waals surface area contributed by atoms with Gasteiger partial charge in [-0.1, -0.05) is 11.6 Å². The van der Waals surface area contributed by atoms with Crippen LogP contribution in [-0.4, -0.2) is 15.9 Å². The summed E-state index contributed by atoms with van der Waals surface area (Å²) in [5.74, 6) is -0.399. The molecule has 1 heterocycles. The molecule has 0 saturated carbocycles. The number of nitrogens with zero attached hydrogens (tertiary/aromatic N) is 1. The highest BCUT2D eigenvalue weighted by atomic mass is 35.5. The van der Waals surface area contributed by atoms with Crippen molar-refractivity contribution < 1.29 is 4.79 Å². The van der Waals surface area contributed by atoms with Gasteiger partial charge in [-0.2, -0.15) is 0 Å². The van der Waals surface area contributed by atoms with E-state index in [2.05, 4.69) is 15.3 Å². The van der Waals surface area contributed by atoms with Gasteiger partial charge in [-0.05, 0) is 24.3 Å². The second-order valence-electron chi connectivity index (χ2n) is 3.26. The van der Waals surface area contributed by atoms with Crippen molar-refractivity contribution in [1.82, 2.24) is 9.97 Å². The lowest BCUT2D eigenvalue weighted by molar-refractivity contribution is 0.102. The number of anilines is 1. The van der Waals surface area contributed by atoms with Crippen LogP contribution in [0.4, 0.5) is 5.69 Å². The van der Waals surface area contributed by atoms with E-state index in [1.165, 1.54) is 6.20 Å². The van der Waals surface area contributed by atoms with Crippen molar-refractivity contribution in [1.29, 1.82) is 0 Å². The number of hydrogen-bond donors (Lipinski definition) is 2. The SMILES string of the molecule is O=C(Nc1ccc(Cl)cc1)c1c[nH]c(=O)cn1. The molecule has 0 saturated heterocycles. The number of amides is 1. The number of H-pyrrole nitrogens is 1. The zero-order chi connectivity index (χ0) is 12.3. The molecule has 0 fully saturated rings. The molecule has 0 atom stereocenters. The number of aromatic amines is 1. The monoisotopic (exact) mass is 249 g/mol. The Morgan fingerprint density at radius 2 is 2.00 bits per heavy atom. The zero-order valence-electron chi connectivity index (χ0n) is 8.61. The predicted molar refractivity (Wildman–Crippen MR) is 64.3 cm³/mol. The van der Waals surface area contributed by atoms with Crippen LogP contribution in [-0.2, 0) is 0 Å². The molecule has 2 rings (SSSR count). The fraction of sp³-hybridized carbons (Fsp3) is 0. The third kappa shape index (κ3) is 2.92. The second-order valence-corrected chi connectivity index (χ2v) is 3.69. The molecule has 5 nitrogen and oxygen atoms in total. The summed E-state index contributed by atoms with van der Waals surface area (Å²) in [5, 5.41) is 3.21. The minimum absolute atomic E-state index is 0.138. The first-order chi connectivity index (χ1) is 8.15. The Balaban J connectivity index is 2.14. The normalized spacial score (nSPS) is 9.94. The van der Waals surface area contributed by atoms with Crippen LogP contribution in [0.25, 0.3) is 0 Å². The third-order valence-electron chi connectivity index (χ3n) is 2.01. The summed E-state index contributed by atoms with van der Waals surface area (Å²) >= 11 is 5.72. The van der Waals surface area contributed by atoms with Gasteiger partial charge < -0.3 is 10.3 Å². The van der Waals surface area contributed by atoms with E-state index >= 15 is 0 Å². The Morgan fingerprint density at radius 3 is 2.59 bits per heavy atom. The molecule has 6 heteroatoms. The van der Waals surface area contributed by atoms with E-state index in [-0.39, 0.29) is 11.3 Å². The van der Waals surface area contributed by atoms with Gasteiger partial charge in [0, 0.05) is 16.9 Å². The van der Waals surface area contributed by atoms with E-state index < -0.39 is 5.91 Å². The van der Waals surface area contributed by atoms with E-state index in [1.807, 2.05) is 0 Å². The summed E-state index contributed by atoms with van der Waals surface area (Å²) in [5.41, 5.74) is 0.389. The fourth-order valence-corrected chi connectivity index (χ4v) is 1.32. The molecule has 0 aliphatic rings. The van der Waals surface area contributed by atoms with E-state index in [0.717, 1.165) is 6.20 Å². The van der Waals surface area contributed by atoms with E-state index in [4.69, 9.17) is 11.6 Å². The van der Waals surface area contributed by atoms with Crippen LogP contribution in [0.5, 0.6) is 0 Å². The minimum Gasteiger partial charge on any atom is -0.325 e. The van der Waals surface area contributed by atoms with Gasteiger partial charge in [0.15, 0.2) is 0 Å². The van der Waals surface area contributed by atoms with Crippen molar-refractivity contribution in [3.05, 3.63) is 57.7 Å². The molecule has 0 bridgehead atoms. The maximum atomic E-state index is 11.7.